The van der Waals surface area contributed by atoms with Gasteiger partial charge in [0, 0.05) is 17.1 Å². The number of nitrogens with one attached hydrogen (secondary N) is 1. The van der Waals surface area contributed by atoms with Gasteiger partial charge in [0.2, 0.25) is 11.2 Å². The predicted molar refractivity (Wildman–Crippen MR) is 151 cm³/mol. The molecular formula is C32H26F3NO5. The topological polar surface area (TPSA) is 77.8 Å². The molecule has 5 aromatic rings. The number of carbonyl (C=O) groups is 1. The standard InChI is InChI=1S/C32H26F3NO5/c1-31(2,3)20-11-13-21(14-12-20)40-29-28(38)24-16-15-22(17-26(24)41-30(29)32(33,34)35)39-18-27(37)36-25-10-6-8-19-7-4-5-9-23(19)25/h4-17H,18H2,1-3H3,(H,36,37). The van der Waals surface area contributed by atoms with Gasteiger partial charge in [-0.15, -0.1) is 0 Å². The summed E-state index contributed by atoms with van der Waals surface area (Å²) < 4.78 is 57.9. The van der Waals surface area contributed by atoms with Crippen molar-refractivity contribution in [1.82, 2.24) is 0 Å². The first-order chi connectivity index (χ1) is 19.4. The molecule has 1 aromatic heterocycles. The van der Waals surface area contributed by atoms with E-state index in [0.29, 0.717) is 5.69 Å². The molecule has 6 nitrogen and oxygen atoms in total. The van der Waals surface area contributed by atoms with Crippen LogP contribution in [0.1, 0.15) is 32.1 Å². The van der Waals surface area contributed by atoms with Crippen molar-refractivity contribution < 1.29 is 31.9 Å². The molecule has 0 fully saturated rings. The number of benzene rings is 4. The highest BCUT2D eigenvalue weighted by Crippen LogP contribution is 2.39. The summed E-state index contributed by atoms with van der Waals surface area (Å²) in [5.41, 5.74) is 0.0263. The average Bonchev–Trinajstić information content (AvgIpc) is 2.92. The molecule has 0 saturated heterocycles. The van der Waals surface area contributed by atoms with Gasteiger partial charge in [-0.05, 0) is 46.7 Å². The van der Waals surface area contributed by atoms with Gasteiger partial charge in [0.05, 0.1) is 5.39 Å². The van der Waals surface area contributed by atoms with Crippen molar-refractivity contribution in [3.05, 3.63) is 106 Å². The van der Waals surface area contributed by atoms with Gasteiger partial charge >= 0.3 is 6.18 Å². The van der Waals surface area contributed by atoms with E-state index >= 15 is 0 Å². The Bertz CT molecular complexity index is 1800. The van der Waals surface area contributed by atoms with E-state index in [0.717, 1.165) is 22.4 Å². The monoisotopic (exact) mass is 561 g/mol. The minimum atomic E-state index is -5.01. The van der Waals surface area contributed by atoms with Crippen LogP contribution in [-0.4, -0.2) is 12.5 Å². The van der Waals surface area contributed by atoms with Crippen LogP contribution in [0.2, 0.25) is 0 Å². The van der Waals surface area contributed by atoms with Crippen LogP contribution in [0.25, 0.3) is 21.7 Å². The Kier molecular flexibility index (Phi) is 7.21. The molecule has 1 amide bonds. The first-order valence-electron chi connectivity index (χ1n) is 12.8. The summed E-state index contributed by atoms with van der Waals surface area (Å²) in [5, 5.41) is 4.43. The Morgan fingerprint density at radius 3 is 2.24 bits per heavy atom. The molecule has 0 aliphatic carbocycles. The maximum atomic E-state index is 14.0. The zero-order chi connectivity index (χ0) is 29.4. The van der Waals surface area contributed by atoms with Gasteiger partial charge in [-0.2, -0.15) is 13.2 Å². The van der Waals surface area contributed by atoms with Crippen LogP contribution >= 0.6 is 0 Å². The Balaban J connectivity index is 1.38. The fraction of sp³-hybridized carbons (Fsp3) is 0.188. The molecule has 41 heavy (non-hydrogen) atoms. The number of carbonyl (C=O) groups excluding carboxylic acids is 1. The minimum Gasteiger partial charge on any atom is -0.484 e. The number of hydrogen-bond donors (Lipinski definition) is 1. The second-order valence-electron chi connectivity index (χ2n) is 10.5. The van der Waals surface area contributed by atoms with E-state index in [4.69, 9.17) is 13.9 Å². The number of fused-ring (bicyclic) bond motifs is 2. The number of hydrogen-bond acceptors (Lipinski definition) is 5. The molecule has 0 unspecified atom stereocenters. The summed E-state index contributed by atoms with van der Waals surface area (Å²) in [5.74, 6) is -2.89. The van der Waals surface area contributed by atoms with Crippen molar-refractivity contribution in [2.75, 3.05) is 11.9 Å². The molecule has 5 rings (SSSR count). The fourth-order valence-corrected chi connectivity index (χ4v) is 4.34. The molecule has 210 valence electrons. The van der Waals surface area contributed by atoms with E-state index in [1.54, 1.807) is 24.3 Å². The lowest BCUT2D eigenvalue weighted by atomic mass is 9.87. The van der Waals surface area contributed by atoms with Crippen LogP contribution in [0.4, 0.5) is 18.9 Å². The van der Waals surface area contributed by atoms with Gasteiger partial charge in [-0.1, -0.05) is 69.3 Å². The van der Waals surface area contributed by atoms with Gasteiger partial charge in [-0.25, -0.2) is 0 Å². The summed E-state index contributed by atoms with van der Waals surface area (Å²) in [6, 6.07) is 23.2. The molecule has 0 bridgehead atoms. The lowest BCUT2D eigenvalue weighted by molar-refractivity contribution is -0.154. The molecule has 0 aliphatic rings. The highest BCUT2D eigenvalue weighted by atomic mass is 19.4. The van der Waals surface area contributed by atoms with Crippen molar-refractivity contribution in [1.29, 1.82) is 0 Å². The molecule has 0 radical (unpaired) electrons. The van der Waals surface area contributed by atoms with Gasteiger partial charge in [0.1, 0.15) is 17.1 Å². The highest BCUT2D eigenvalue weighted by molar-refractivity contribution is 6.02. The lowest BCUT2D eigenvalue weighted by Crippen LogP contribution is -2.20. The lowest BCUT2D eigenvalue weighted by Gasteiger charge is -2.19. The quantitative estimate of drug-likeness (QED) is 0.227. The first-order valence-corrected chi connectivity index (χ1v) is 12.8. The van der Waals surface area contributed by atoms with Crippen molar-refractivity contribution in [2.45, 2.75) is 32.4 Å². The van der Waals surface area contributed by atoms with Gasteiger partial charge in [0.15, 0.2) is 6.61 Å². The summed E-state index contributed by atoms with van der Waals surface area (Å²) in [6.45, 7) is 5.57. The van der Waals surface area contributed by atoms with Crippen LogP contribution in [0.5, 0.6) is 17.2 Å². The van der Waals surface area contributed by atoms with E-state index in [2.05, 4.69) is 5.32 Å². The Morgan fingerprint density at radius 1 is 0.854 bits per heavy atom. The highest BCUT2D eigenvalue weighted by Gasteiger charge is 2.40. The third-order valence-electron chi connectivity index (χ3n) is 6.45. The molecule has 0 aliphatic heterocycles. The maximum absolute atomic E-state index is 14.0. The predicted octanol–water partition coefficient (Wildman–Crippen LogP) is 8.07. The summed E-state index contributed by atoms with van der Waals surface area (Å²) >= 11 is 0. The number of ether oxygens (including phenoxy) is 2. The number of alkyl halides is 3. The Morgan fingerprint density at radius 2 is 1.54 bits per heavy atom. The first kappa shape index (κ1) is 27.8. The molecule has 0 atom stereocenters. The summed E-state index contributed by atoms with van der Waals surface area (Å²) in [7, 11) is 0. The number of rotatable bonds is 6. The second kappa shape index (κ2) is 10.6. The van der Waals surface area contributed by atoms with Gasteiger partial charge in [-0.3, -0.25) is 9.59 Å². The van der Waals surface area contributed by atoms with Crippen LogP contribution in [0.3, 0.4) is 0 Å². The van der Waals surface area contributed by atoms with E-state index in [9.17, 15) is 22.8 Å². The van der Waals surface area contributed by atoms with Crippen LogP contribution in [-0.2, 0) is 16.4 Å². The largest absolute Gasteiger partial charge is 0.484 e. The molecule has 1 heterocycles. The van der Waals surface area contributed by atoms with Crippen molar-refractivity contribution in [3.8, 4) is 17.2 Å². The van der Waals surface area contributed by atoms with Gasteiger partial charge in [0.25, 0.3) is 11.7 Å². The number of amides is 1. The van der Waals surface area contributed by atoms with E-state index < -0.39 is 35.6 Å². The SMILES string of the molecule is CC(C)(C)c1ccc(Oc2c(C(F)(F)F)oc3cc(OCC(=O)Nc4cccc5ccccc45)ccc3c2=O)cc1. The molecule has 0 saturated carbocycles. The van der Waals surface area contributed by atoms with Crippen LogP contribution < -0.4 is 20.2 Å². The zero-order valence-electron chi connectivity index (χ0n) is 22.5. The summed E-state index contributed by atoms with van der Waals surface area (Å²) in [4.78, 5) is 25.7. The van der Waals surface area contributed by atoms with Crippen LogP contribution in [0, 0.1) is 0 Å². The van der Waals surface area contributed by atoms with E-state index in [1.807, 2.05) is 51.1 Å². The van der Waals surface area contributed by atoms with Crippen molar-refractivity contribution >= 4 is 33.3 Å². The minimum absolute atomic E-state index is 0.0493. The van der Waals surface area contributed by atoms with Crippen molar-refractivity contribution in [3.63, 3.8) is 0 Å². The van der Waals surface area contributed by atoms with Gasteiger partial charge < -0.3 is 19.2 Å². The Hall–Kier alpha value is -4.79. The van der Waals surface area contributed by atoms with E-state index in [-0.39, 0.29) is 27.9 Å². The smallest absolute Gasteiger partial charge is 0.453 e. The maximum Gasteiger partial charge on any atom is 0.453 e. The average molecular weight is 562 g/mol. The number of halogens is 3. The molecule has 4 aromatic carbocycles. The molecule has 9 heteroatoms. The van der Waals surface area contributed by atoms with Crippen molar-refractivity contribution in [2.24, 2.45) is 0 Å². The van der Waals surface area contributed by atoms with Crippen LogP contribution in [0.15, 0.2) is 94.1 Å². The fourth-order valence-electron chi connectivity index (χ4n) is 4.34. The third-order valence-corrected chi connectivity index (χ3v) is 6.45. The number of anilines is 1. The second-order valence-corrected chi connectivity index (χ2v) is 10.5. The molecule has 0 spiro atoms. The molecule has 1 N–H and O–H groups in total. The van der Waals surface area contributed by atoms with E-state index in [1.165, 1.54) is 24.3 Å². The summed E-state index contributed by atoms with van der Waals surface area (Å²) in [6.07, 6.45) is -5.01. The zero-order valence-corrected chi connectivity index (χ0v) is 22.5. The Labute approximate surface area is 233 Å². The normalized spacial score (nSPS) is 12.0. The third kappa shape index (κ3) is 6.04. The molecular weight excluding hydrogens is 535 g/mol.